The number of hydrogen-bond acceptors (Lipinski definition) is 6. The lowest BCUT2D eigenvalue weighted by Crippen LogP contribution is -2.27. The predicted octanol–water partition coefficient (Wildman–Crippen LogP) is 2.10. The van der Waals surface area contributed by atoms with E-state index >= 15 is 0 Å². The van der Waals surface area contributed by atoms with E-state index in [-0.39, 0.29) is 16.8 Å². The number of aromatic nitrogens is 1. The molecule has 0 saturated heterocycles. The molecule has 1 aromatic heterocycles. The second-order valence-corrected chi connectivity index (χ2v) is 8.08. The fourth-order valence-electron chi connectivity index (χ4n) is 2.75. The summed E-state index contributed by atoms with van der Waals surface area (Å²) >= 11 is 1.11. The summed E-state index contributed by atoms with van der Waals surface area (Å²) in [4.78, 5) is 0.131. The molecule has 1 atom stereocenters. The molecular weight excluding hydrogens is 306 g/mol. The van der Waals surface area contributed by atoms with Crippen LogP contribution in [-0.4, -0.2) is 25.1 Å². The van der Waals surface area contributed by atoms with Gasteiger partial charge in [0.15, 0.2) is 15.7 Å². The maximum absolute atomic E-state index is 11.8. The van der Waals surface area contributed by atoms with Crippen molar-refractivity contribution in [3.63, 3.8) is 0 Å². The lowest BCUT2D eigenvalue weighted by molar-refractivity contribution is 0.599. The number of rotatable bonds is 3. The van der Waals surface area contributed by atoms with Crippen LogP contribution in [0.25, 0.3) is 0 Å². The van der Waals surface area contributed by atoms with E-state index in [4.69, 9.17) is 5.73 Å². The molecular formula is C14H17N3O2S2. The van der Waals surface area contributed by atoms with Crippen molar-refractivity contribution in [2.24, 2.45) is 0 Å². The minimum atomic E-state index is -3.37. The Labute approximate surface area is 128 Å². The Morgan fingerprint density at radius 3 is 2.76 bits per heavy atom. The van der Waals surface area contributed by atoms with E-state index in [0.29, 0.717) is 5.00 Å². The Hall–Kier alpha value is -1.60. The molecule has 1 aliphatic carbocycles. The van der Waals surface area contributed by atoms with Crippen LogP contribution in [0.3, 0.4) is 0 Å². The van der Waals surface area contributed by atoms with Crippen molar-refractivity contribution in [1.82, 2.24) is 4.37 Å². The normalized spacial score (nSPS) is 18.2. The van der Waals surface area contributed by atoms with Gasteiger partial charge in [-0.25, -0.2) is 8.42 Å². The number of fused-ring (bicyclic) bond motifs is 1. The molecule has 7 heteroatoms. The van der Waals surface area contributed by atoms with E-state index in [0.717, 1.165) is 37.1 Å². The molecule has 1 aliphatic rings. The molecule has 0 aliphatic heterocycles. The second-order valence-electron chi connectivity index (χ2n) is 5.35. The molecule has 2 aromatic rings. The first-order valence-electron chi connectivity index (χ1n) is 6.73. The van der Waals surface area contributed by atoms with Gasteiger partial charge in [-0.15, -0.1) is 0 Å². The van der Waals surface area contributed by atoms with Crippen LogP contribution in [0.15, 0.2) is 29.2 Å². The molecule has 5 nitrogen and oxygen atoms in total. The van der Waals surface area contributed by atoms with Gasteiger partial charge in [0.25, 0.3) is 0 Å². The first-order valence-corrected chi connectivity index (χ1v) is 9.40. The van der Waals surface area contributed by atoms with Gasteiger partial charge in [-0.1, -0.05) is 24.3 Å². The number of aryl methyl sites for hydroxylation is 1. The zero-order valence-corrected chi connectivity index (χ0v) is 13.3. The number of hydrogen-bond donors (Lipinski definition) is 2. The van der Waals surface area contributed by atoms with Gasteiger partial charge in [-0.05, 0) is 41.9 Å². The number of anilines is 2. The summed E-state index contributed by atoms with van der Waals surface area (Å²) in [5.74, 6) is 0.0845. The van der Waals surface area contributed by atoms with E-state index in [2.05, 4.69) is 27.9 Å². The highest BCUT2D eigenvalue weighted by Gasteiger charge is 2.25. The van der Waals surface area contributed by atoms with Crippen molar-refractivity contribution in [2.45, 2.75) is 30.2 Å². The van der Waals surface area contributed by atoms with E-state index in [1.807, 2.05) is 6.07 Å². The number of sulfone groups is 1. The fraction of sp³-hybridized carbons (Fsp3) is 0.357. The Balaban J connectivity index is 1.84. The molecule has 0 fully saturated rings. The predicted molar refractivity (Wildman–Crippen MR) is 85.5 cm³/mol. The van der Waals surface area contributed by atoms with Crippen LogP contribution in [0.5, 0.6) is 0 Å². The van der Waals surface area contributed by atoms with Crippen molar-refractivity contribution in [3.05, 3.63) is 35.4 Å². The molecule has 112 valence electrons. The first kappa shape index (κ1) is 14.3. The van der Waals surface area contributed by atoms with E-state index in [1.54, 1.807) is 0 Å². The monoisotopic (exact) mass is 323 g/mol. The average molecular weight is 323 g/mol. The topological polar surface area (TPSA) is 85.1 Å². The summed E-state index contributed by atoms with van der Waals surface area (Å²) in [5.41, 5.74) is 8.39. The summed E-state index contributed by atoms with van der Waals surface area (Å²) in [6.07, 6.45) is 4.01. The Bertz CT molecular complexity index is 768. The van der Waals surface area contributed by atoms with Gasteiger partial charge in [0, 0.05) is 12.3 Å². The first-order chi connectivity index (χ1) is 9.95. The quantitative estimate of drug-likeness (QED) is 0.903. The highest BCUT2D eigenvalue weighted by Crippen LogP contribution is 2.33. The van der Waals surface area contributed by atoms with Crippen LogP contribution in [0.4, 0.5) is 10.8 Å². The van der Waals surface area contributed by atoms with Gasteiger partial charge in [0.2, 0.25) is 0 Å². The number of nitrogens with zero attached hydrogens (tertiary/aromatic N) is 1. The molecule has 1 unspecified atom stereocenters. The molecule has 3 rings (SSSR count). The summed E-state index contributed by atoms with van der Waals surface area (Å²) in [5, 5.41) is 3.87. The standard InChI is InChI=1S/C14H17N3O2S2/c1-21(18,19)12-13(15)17-20-14(12)16-11-7-6-9-4-2-3-5-10(9)8-11/h2-5,11,16H,6-8H2,1H3,(H2,15,17). The van der Waals surface area contributed by atoms with E-state index in [1.165, 1.54) is 11.1 Å². The van der Waals surface area contributed by atoms with E-state index in [9.17, 15) is 8.42 Å². The van der Waals surface area contributed by atoms with Crippen molar-refractivity contribution in [1.29, 1.82) is 0 Å². The number of benzene rings is 1. The van der Waals surface area contributed by atoms with Crippen LogP contribution in [0, 0.1) is 0 Å². The van der Waals surface area contributed by atoms with Gasteiger partial charge >= 0.3 is 0 Å². The second kappa shape index (κ2) is 5.31. The number of nitrogens with one attached hydrogen (secondary N) is 1. The van der Waals surface area contributed by atoms with Crippen LogP contribution < -0.4 is 11.1 Å². The highest BCUT2D eigenvalue weighted by molar-refractivity contribution is 7.91. The summed E-state index contributed by atoms with van der Waals surface area (Å²) in [6, 6.07) is 8.58. The van der Waals surface area contributed by atoms with Crippen molar-refractivity contribution in [3.8, 4) is 0 Å². The summed E-state index contributed by atoms with van der Waals surface area (Å²) in [7, 11) is -3.37. The van der Waals surface area contributed by atoms with Gasteiger partial charge in [0.05, 0.1) is 0 Å². The molecule has 0 amide bonds. The van der Waals surface area contributed by atoms with Gasteiger partial charge in [-0.2, -0.15) is 4.37 Å². The largest absolute Gasteiger partial charge is 0.382 e. The highest BCUT2D eigenvalue weighted by atomic mass is 32.2. The summed E-state index contributed by atoms with van der Waals surface area (Å²) in [6.45, 7) is 0. The van der Waals surface area contributed by atoms with Crippen molar-refractivity contribution >= 4 is 32.2 Å². The van der Waals surface area contributed by atoms with Crippen molar-refractivity contribution in [2.75, 3.05) is 17.3 Å². The Morgan fingerprint density at radius 1 is 1.33 bits per heavy atom. The lowest BCUT2D eigenvalue weighted by Gasteiger charge is -2.25. The van der Waals surface area contributed by atoms with Gasteiger partial charge in [-0.3, -0.25) is 0 Å². The maximum Gasteiger partial charge on any atom is 0.182 e. The number of nitrogens with two attached hydrogens (primary N) is 1. The van der Waals surface area contributed by atoms with Crippen molar-refractivity contribution < 1.29 is 8.42 Å². The van der Waals surface area contributed by atoms with Crippen LogP contribution in [0.1, 0.15) is 17.5 Å². The minimum Gasteiger partial charge on any atom is -0.382 e. The maximum atomic E-state index is 11.8. The Morgan fingerprint density at radius 2 is 2.05 bits per heavy atom. The van der Waals surface area contributed by atoms with Gasteiger partial charge < -0.3 is 11.1 Å². The average Bonchev–Trinajstić information content (AvgIpc) is 2.79. The van der Waals surface area contributed by atoms with E-state index < -0.39 is 9.84 Å². The SMILES string of the molecule is CS(=O)(=O)c1c(N)nsc1NC1CCc2ccccc2C1. The molecule has 1 heterocycles. The smallest absolute Gasteiger partial charge is 0.182 e. The molecule has 0 bridgehead atoms. The molecule has 0 saturated carbocycles. The molecule has 0 spiro atoms. The summed E-state index contributed by atoms with van der Waals surface area (Å²) < 4.78 is 27.6. The molecule has 21 heavy (non-hydrogen) atoms. The Kier molecular flexibility index (Phi) is 3.62. The zero-order chi connectivity index (χ0) is 15.0. The zero-order valence-electron chi connectivity index (χ0n) is 11.7. The van der Waals surface area contributed by atoms with Crippen LogP contribution in [0.2, 0.25) is 0 Å². The fourth-order valence-corrected chi connectivity index (χ4v) is 4.88. The van der Waals surface area contributed by atoms with Crippen LogP contribution >= 0.6 is 11.5 Å². The van der Waals surface area contributed by atoms with Crippen LogP contribution in [-0.2, 0) is 22.7 Å². The molecule has 1 aromatic carbocycles. The third kappa shape index (κ3) is 2.89. The third-order valence-electron chi connectivity index (χ3n) is 3.73. The number of nitrogen functional groups attached to an aromatic ring is 1. The third-order valence-corrected chi connectivity index (χ3v) is 5.80. The lowest BCUT2D eigenvalue weighted by atomic mass is 9.88. The van der Waals surface area contributed by atoms with Gasteiger partial charge in [0.1, 0.15) is 9.90 Å². The molecule has 3 N–H and O–H groups in total. The molecule has 0 radical (unpaired) electrons. The minimum absolute atomic E-state index is 0.0845.